The number of carbonyl (C=O) groups excluding carboxylic acids is 1. The van der Waals surface area contributed by atoms with Crippen molar-refractivity contribution in [2.45, 2.75) is 25.8 Å². The van der Waals surface area contributed by atoms with Crippen LogP contribution in [-0.4, -0.2) is 28.5 Å². The van der Waals surface area contributed by atoms with Crippen LogP contribution in [0, 0.1) is 5.92 Å². The summed E-state index contributed by atoms with van der Waals surface area (Å²) >= 11 is 3.49. The molecule has 0 aliphatic carbocycles. The zero-order chi connectivity index (χ0) is 15.1. The molecule has 4 nitrogen and oxygen atoms in total. The summed E-state index contributed by atoms with van der Waals surface area (Å²) in [5.41, 5.74) is 0.858. The van der Waals surface area contributed by atoms with E-state index < -0.39 is 5.97 Å². The summed E-state index contributed by atoms with van der Waals surface area (Å²) in [5, 5.41) is 13.5. The first kappa shape index (κ1) is 16.1. The number of thioether (sulfide) groups is 1. The fourth-order valence-corrected chi connectivity index (χ4v) is 4.28. The number of amides is 1. The molecule has 1 aliphatic heterocycles. The van der Waals surface area contributed by atoms with E-state index in [0.29, 0.717) is 18.9 Å². The van der Waals surface area contributed by atoms with Crippen molar-refractivity contribution in [1.82, 2.24) is 5.32 Å². The molecule has 0 unspecified atom stereocenters. The van der Waals surface area contributed by atoms with E-state index in [1.165, 1.54) is 11.3 Å². The van der Waals surface area contributed by atoms with Crippen molar-refractivity contribution < 1.29 is 14.7 Å². The smallest absolute Gasteiger partial charge is 0.328 e. The Labute approximate surface area is 132 Å². The number of aliphatic carboxylic acids is 1. The van der Waals surface area contributed by atoms with Crippen LogP contribution < -0.4 is 5.32 Å². The summed E-state index contributed by atoms with van der Waals surface area (Å²) in [4.78, 5) is 23.5. The Morgan fingerprint density at radius 2 is 2.14 bits per heavy atom. The Morgan fingerprint density at radius 3 is 2.86 bits per heavy atom. The van der Waals surface area contributed by atoms with Gasteiger partial charge in [-0.1, -0.05) is 0 Å². The molecule has 21 heavy (non-hydrogen) atoms. The number of carboxylic acid groups (broad SMARTS) is 1. The van der Waals surface area contributed by atoms with Crippen molar-refractivity contribution in [3.05, 3.63) is 28.0 Å². The van der Waals surface area contributed by atoms with Crippen LogP contribution in [0.15, 0.2) is 17.5 Å². The molecule has 6 heteroatoms. The van der Waals surface area contributed by atoms with Crippen LogP contribution in [0.4, 0.5) is 0 Å². The number of hydrogen-bond donors (Lipinski definition) is 2. The third-order valence-corrected chi connectivity index (χ3v) is 5.43. The molecule has 1 aromatic rings. The van der Waals surface area contributed by atoms with Gasteiger partial charge < -0.3 is 10.4 Å². The number of carbonyl (C=O) groups is 2. The summed E-state index contributed by atoms with van der Waals surface area (Å²) < 4.78 is 0. The normalized spacial score (nSPS) is 16.2. The molecular formula is C15H19NO3S2. The lowest BCUT2D eigenvalue weighted by atomic mass is 9.98. The highest BCUT2D eigenvalue weighted by Gasteiger charge is 2.17. The van der Waals surface area contributed by atoms with Crippen molar-refractivity contribution in [3.8, 4) is 0 Å². The predicted octanol–water partition coefficient (Wildman–Crippen LogP) is 3.00. The average Bonchev–Trinajstić information content (AvgIpc) is 2.91. The van der Waals surface area contributed by atoms with Crippen molar-refractivity contribution in [3.63, 3.8) is 0 Å². The minimum atomic E-state index is -0.966. The first-order valence-electron chi connectivity index (χ1n) is 6.97. The Hall–Kier alpha value is -1.27. The van der Waals surface area contributed by atoms with Gasteiger partial charge >= 0.3 is 5.97 Å². The van der Waals surface area contributed by atoms with Crippen LogP contribution in [0.2, 0.25) is 0 Å². The highest BCUT2D eigenvalue weighted by Crippen LogP contribution is 2.25. The van der Waals surface area contributed by atoms with Crippen molar-refractivity contribution in [2.24, 2.45) is 5.92 Å². The monoisotopic (exact) mass is 325 g/mol. The molecule has 2 heterocycles. The summed E-state index contributed by atoms with van der Waals surface area (Å²) in [6, 6.07) is 1.87. The summed E-state index contributed by atoms with van der Waals surface area (Å²) in [7, 11) is 0. The lowest BCUT2D eigenvalue weighted by molar-refractivity contribution is -0.131. The second-order valence-corrected chi connectivity index (χ2v) is 7.23. The molecule has 0 saturated carbocycles. The molecule has 0 bridgehead atoms. The summed E-state index contributed by atoms with van der Waals surface area (Å²) in [5.74, 6) is 1.96. The SMILES string of the molecule is O=C(O)/C=C/c1ccsc1CNC(=O)CC1CCSCC1. The number of rotatable bonds is 6. The highest BCUT2D eigenvalue weighted by molar-refractivity contribution is 7.99. The maximum atomic E-state index is 12.0. The highest BCUT2D eigenvalue weighted by atomic mass is 32.2. The van der Waals surface area contributed by atoms with Gasteiger partial charge in [0, 0.05) is 17.4 Å². The van der Waals surface area contributed by atoms with Gasteiger partial charge in [-0.15, -0.1) is 11.3 Å². The van der Waals surface area contributed by atoms with Crippen LogP contribution in [0.5, 0.6) is 0 Å². The van der Waals surface area contributed by atoms with Gasteiger partial charge in [0.05, 0.1) is 6.54 Å². The topological polar surface area (TPSA) is 66.4 Å². The molecule has 1 saturated heterocycles. The number of carboxylic acids is 1. The molecule has 0 spiro atoms. The summed E-state index contributed by atoms with van der Waals surface area (Å²) in [6.07, 6.45) is 5.55. The van der Waals surface area contributed by atoms with E-state index in [1.807, 2.05) is 23.2 Å². The fourth-order valence-electron chi connectivity index (χ4n) is 2.27. The predicted molar refractivity (Wildman–Crippen MR) is 87.5 cm³/mol. The second kappa shape index (κ2) is 8.24. The largest absolute Gasteiger partial charge is 0.478 e. The zero-order valence-electron chi connectivity index (χ0n) is 11.7. The Morgan fingerprint density at radius 1 is 1.38 bits per heavy atom. The van der Waals surface area contributed by atoms with Crippen molar-refractivity contribution in [2.75, 3.05) is 11.5 Å². The quantitative estimate of drug-likeness (QED) is 0.789. The van der Waals surface area contributed by atoms with Crippen LogP contribution in [0.1, 0.15) is 29.7 Å². The molecule has 1 amide bonds. The van der Waals surface area contributed by atoms with E-state index >= 15 is 0 Å². The molecule has 114 valence electrons. The third kappa shape index (κ3) is 5.55. The van der Waals surface area contributed by atoms with Gasteiger partial charge in [0.25, 0.3) is 0 Å². The van der Waals surface area contributed by atoms with E-state index in [4.69, 9.17) is 5.11 Å². The molecule has 2 N–H and O–H groups in total. The van der Waals surface area contributed by atoms with E-state index in [-0.39, 0.29) is 5.91 Å². The van der Waals surface area contributed by atoms with E-state index in [2.05, 4.69) is 5.32 Å². The van der Waals surface area contributed by atoms with E-state index in [1.54, 1.807) is 6.08 Å². The Bertz CT molecular complexity index is 519. The number of nitrogens with one attached hydrogen (secondary N) is 1. The molecule has 1 aromatic heterocycles. The molecule has 0 atom stereocenters. The van der Waals surface area contributed by atoms with Gasteiger partial charge in [-0.25, -0.2) is 4.79 Å². The maximum Gasteiger partial charge on any atom is 0.328 e. The van der Waals surface area contributed by atoms with Crippen LogP contribution in [-0.2, 0) is 16.1 Å². The van der Waals surface area contributed by atoms with E-state index in [9.17, 15) is 9.59 Å². The first-order chi connectivity index (χ1) is 10.1. The van der Waals surface area contributed by atoms with Gasteiger partial charge in [0.1, 0.15) is 0 Å². The Kier molecular flexibility index (Phi) is 6.32. The average molecular weight is 325 g/mol. The first-order valence-corrected chi connectivity index (χ1v) is 9.00. The molecule has 1 aliphatic rings. The summed E-state index contributed by atoms with van der Waals surface area (Å²) in [6.45, 7) is 0.470. The second-order valence-electron chi connectivity index (χ2n) is 5.01. The third-order valence-electron chi connectivity index (χ3n) is 3.45. The van der Waals surface area contributed by atoms with Gasteiger partial charge in [-0.3, -0.25) is 4.79 Å². The lowest BCUT2D eigenvalue weighted by Gasteiger charge is -2.20. The maximum absolute atomic E-state index is 12.0. The van der Waals surface area contributed by atoms with Crippen LogP contribution in [0.3, 0.4) is 0 Å². The minimum absolute atomic E-state index is 0.0912. The molecule has 1 fully saturated rings. The fraction of sp³-hybridized carbons (Fsp3) is 0.467. The number of hydrogen-bond acceptors (Lipinski definition) is 4. The van der Waals surface area contributed by atoms with Crippen LogP contribution in [0.25, 0.3) is 6.08 Å². The van der Waals surface area contributed by atoms with Crippen LogP contribution >= 0.6 is 23.1 Å². The van der Waals surface area contributed by atoms with E-state index in [0.717, 1.165) is 40.9 Å². The number of thiophene rings is 1. The molecule has 2 rings (SSSR count). The zero-order valence-corrected chi connectivity index (χ0v) is 13.3. The Balaban J connectivity index is 1.81. The standard InChI is InChI=1S/C15H19NO3S2/c17-14(9-11-3-6-20-7-4-11)16-10-13-12(5-8-21-13)1-2-15(18)19/h1-2,5,8,11H,3-4,6-7,9-10H2,(H,16,17)(H,18,19)/b2-1+. The van der Waals surface area contributed by atoms with Gasteiger partial charge in [0.15, 0.2) is 0 Å². The van der Waals surface area contributed by atoms with Crippen molar-refractivity contribution in [1.29, 1.82) is 0 Å². The van der Waals surface area contributed by atoms with Gasteiger partial charge in [-0.05, 0) is 53.4 Å². The molecule has 0 aromatic carbocycles. The minimum Gasteiger partial charge on any atom is -0.478 e. The molecular weight excluding hydrogens is 306 g/mol. The molecule has 0 radical (unpaired) electrons. The lowest BCUT2D eigenvalue weighted by Crippen LogP contribution is -2.26. The van der Waals surface area contributed by atoms with Gasteiger partial charge in [-0.2, -0.15) is 11.8 Å². The van der Waals surface area contributed by atoms with Gasteiger partial charge in [0.2, 0.25) is 5.91 Å². The van der Waals surface area contributed by atoms with Crippen molar-refractivity contribution >= 4 is 41.1 Å².